The molecule has 8 heteroatoms. The van der Waals surface area contributed by atoms with E-state index in [-0.39, 0.29) is 5.56 Å². The molecule has 25 heavy (non-hydrogen) atoms. The number of fused-ring (bicyclic) bond motifs is 1. The molecule has 0 fully saturated rings. The quantitative estimate of drug-likeness (QED) is 0.632. The number of likely N-dealkylation sites (N-methyl/N-ethyl adjacent to an activating group) is 1. The Bertz CT molecular complexity index is 907. The molecule has 0 aliphatic carbocycles. The van der Waals surface area contributed by atoms with Crippen molar-refractivity contribution in [3.8, 4) is 5.75 Å². The van der Waals surface area contributed by atoms with Crippen LogP contribution >= 0.6 is 22.9 Å². The van der Waals surface area contributed by atoms with Gasteiger partial charge in [-0.2, -0.15) is 9.61 Å². The second-order valence-corrected chi connectivity index (χ2v) is 7.15. The van der Waals surface area contributed by atoms with Crippen molar-refractivity contribution in [3.05, 3.63) is 56.4 Å². The van der Waals surface area contributed by atoms with E-state index in [2.05, 4.69) is 15.0 Å². The van der Waals surface area contributed by atoms with Crippen LogP contribution in [0, 0.1) is 0 Å². The minimum absolute atomic E-state index is 0.137. The maximum absolute atomic E-state index is 12.1. The molecule has 0 radical (unpaired) electrons. The van der Waals surface area contributed by atoms with Crippen molar-refractivity contribution in [2.45, 2.75) is 19.9 Å². The highest BCUT2D eigenvalue weighted by molar-refractivity contribution is 7.16. The molecular weight excluding hydrogens is 360 g/mol. The number of nitrogens with zero attached hydrogens (tertiary/aromatic N) is 4. The number of benzene rings is 1. The van der Waals surface area contributed by atoms with Crippen LogP contribution in [0.2, 0.25) is 5.02 Å². The summed E-state index contributed by atoms with van der Waals surface area (Å²) in [4.78, 5) is 19.4. The Labute approximate surface area is 154 Å². The molecule has 6 nitrogen and oxygen atoms in total. The van der Waals surface area contributed by atoms with Gasteiger partial charge in [0, 0.05) is 24.2 Å². The van der Waals surface area contributed by atoms with Gasteiger partial charge in [0.05, 0.1) is 5.69 Å². The van der Waals surface area contributed by atoms with Crippen molar-refractivity contribution >= 4 is 27.9 Å². The summed E-state index contributed by atoms with van der Waals surface area (Å²) in [6.45, 7) is 3.85. The molecule has 0 aliphatic rings. The van der Waals surface area contributed by atoms with E-state index in [1.165, 1.54) is 15.9 Å². The predicted octanol–water partition coefficient (Wildman–Crippen LogP) is 2.88. The number of halogens is 1. The fourth-order valence-corrected chi connectivity index (χ4v) is 3.31. The summed E-state index contributed by atoms with van der Waals surface area (Å²) in [5.41, 5.74) is 0.604. The van der Waals surface area contributed by atoms with Gasteiger partial charge in [0.25, 0.3) is 5.56 Å². The maximum atomic E-state index is 12.1. The zero-order valence-electron chi connectivity index (χ0n) is 14.1. The number of rotatable bonds is 7. The van der Waals surface area contributed by atoms with Gasteiger partial charge in [0.1, 0.15) is 17.4 Å². The van der Waals surface area contributed by atoms with Crippen LogP contribution in [0.5, 0.6) is 5.75 Å². The fraction of sp³-hybridized carbons (Fsp3) is 0.353. The first-order valence-electron chi connectivity index (χ1n) is 8.00. The molecule has 0 bridgehead atoms. The lowest BCUT2D eigenvalue weighted by molar-refractivity contribution is 0.231. The fourth-order valence-electron chi connectivity index (χ4n) is 2.33. The highest BCUT2D eigenvalue weighted by atomic mass is 35.5. The van der Waals surface area contributed by atoms with E-state index in [1.54, 1.807) is 18.2 Å². The molecule has 2 heterocycles. The second kappa shape index (κ2) is 7.95. The molecular formula is C17H19ClN4O2S. The number of aryl methyl sites for hydroxylation is 1. The molecule has 3 aromatic rings. The molecule has 3 rings (SSSR count). The van der Waals surface area contributed by atoms with Gasteiger partial charge < -0.3 is 4.74 Å². The van der Waals surface area contributed by atoms with Gasteiger partial charge in [-0.3, -0.25) is 9.69 Å². The van der Waals surface area contributed by atoms with Crippen LogP contribution < -0.4 is 10.3 Å². The van der Waals surface area contributed by atoms with E-state index >= 15 is 0 Å². The van der Waals surface area contributed by atoms with Gasteiger partial charge in [-0.05, 0) is 37.7 Å². The Balaban J connectivity index is 1.58. The van der Waals surface area contributed by atoms with E-state index in [1.807, 2.05) is 26.1 Å². The molecule has 0 saturated carbocycles. The lowest BCUT2D eigenvalue weighted by Crippen LogP contribution is -2.26. The van der Waals surface area contributed by atoms with Crippen molar-refractivity contribution in [2.75, 3.05) is 20.2 Å². The first kappa shape index (κ1) is 17.8. The molecule has 0 aliphatic heterocycles. The Morgan fingerprint density at radius 1 is 1.32 bits per heavy atom. The minimum atomic E-state index is -0.137. The Morgan fingerprint density at radius 2 is 2.08 bits per heavy atom. The lowest BCUT2D eigenvalue weighted by atomic mass is 10.3. The zero-order chi connectivity index (χ0) is 17.8. The van der Waals surface area contributed by atoms with Gasteiger partial charge >= 0.3 is 0 Å². The van der Waals surface area contributed by atoms with Gasteiger partial charge in [-0.15, -0.1) is 0 Å². The van der Waals surface area contributed by atoms with Crippen molar-refractivity contribution in [3.63, 3.8) is 0 Å². The molecule has 132 valence electrons. The third-order valence-corrected chi connectivity index (χ3v) is 4.93. The van der Waals surface area contributed by atoms with Crippen LogP contribution in [-0.4, -0.2) is 39.7 Å². The van der Waals surface area contributed by atoms with Crippen LogP contribution in [0.25, 0.3) is 4.96 Å². The van der Waals surface area contributed by atoms with Gasteiger partial charge in [0.2, 0.25) is 4.96 Å². The van der Waals surface area contributed by atoms with Crippen molar-refractivity contribution in [2.24, 2.45) is 0 Å². The summed E-state index contributed by atoms with van der Waals surface area (Å²) in [5.74, 6) is 0.785. The highest BCUT2D eigenvalue weighted by Gasteiger charge is 2.09. The predicted molar refractivity (Wildman–Crippen MR) is 99.8 cm³/mol. The monoisotopic (exact) mass is 378 g/mol. The van der Waals surface area contributed by atoms with Gasteiger partial charge in [-0.1, -0.05) is 29.9 Å². The molecule has 0 amide bonds. The summed E-state index contributed by atoms with van der Waals surface area (Å²) in [7, 11) is 1.97. The summed E-state index contributed by atoms with van der Waals surface area (Å²) in [6, 6.07) is 8.82. The summed E-state index contributed by atoms with van der Waals surface area (Å²) in [6.07, 6.45) is 0.796. The Morgan fingerprint density at radius 3 is 2.80 bits per heavy atom. The van der Waals surface area contributed by atoms with Crippen molar-refractivity contribution in [1.29, 1.82) is 0 Å². The smallest absolute Gasteiger partial charge is 0.275 e. The normalized spacial score (nSPS) is 11.4. The average molecular weight is 379 g/mol. The third kappa shape index (κ3) is 4.56. The maximum Gasteiger partial charge on any atom is 0.275 e. The van der Waals surface area contributed by atoms with Gasteiger partial charge in [-0.25, -0.2) is 4.98 Å². The molecule has 2 aromatic heterocycles. The van der Waals surface area contributed by atoms with Crippen LogP contribution in [0.3, 0.4) is 0 Å². The van der Waals surface area contributed by atoms with E-state index in [4.69, 9.17) is 16.3 Å². The number of hydrogen-bond donors (Lipinski definition) is 0. The van der Waals surface area contributed by atoms with E-state index in [9.17, 15) is 4.79 Å². The van der Waals surface area contributed by atoms with E-state index < -0.39 is 0 Å². The second-order valence-electron chi connectivity index (χ2n) is 5.67. The zero-order valence-corrected chi connectivity index (χ0v) is 15.7. The molecule has 0 saturated heterocycles. The van der Waals surface area contributed by atoms with E-state index in [0.717, 1.165) is 22.9 Å². The number of ether oxygens (including phenoxy) is 1. The average Bonchev–Trinajstić information content (AvgIpc) is 3.00. The number of aromatic nitrogens is 3. The summed E-state index contributed by atoms with van der Waals surface area (Å²) < 4.78 is 7.06. The highest BCUT2D eigenvalue weighted by Crippen LogP contribution is 2.15. The first-order valence-corrected chi connectivity index (χ1v) is 9.20. The van der Waals surface area contributed by atoms with Gasteiger partial charge in [0.15, 0.2) is 0 Å². The van der Waals surface area contributed by atoms with Crippen LogP contribution in [0.1, 0.15) is 17.6 Å². The Kier molecular flexibility index (Phi) is 5.67. The number of hydrogen-bond acceptors (Lipinski definition) is 6. The Hall–Kier alpha value is -1.96. The molecule has 0 atom stereocenters. The summed E-state index contributed by atoms with van der Waals surface area (Å²) >= 11 is 7.31. The van der Waals surface area contributed by atoms with Crippen LogP contribution in [0.4, 0.5) is 0 Å². The standard InChI is InChI=1S/C17H19ClN4O2S/c1-3-15-20-22-16(23)10-13(19-17(22)25-15)11-21(2)8-9-24-14-6-4-12(18)5-7-14/h4-7,10H,3,8-9,11H2,1-2H3. The SMILES string of the molecule is CCc1nn2c(=O)cc(CN(C)CCOc3ccc(Cl)cc3)nc2s1. The largest absolute Gasteiger partial charge is 0.492 e. The topological polar surface area (TPSA) is 59.7 Å². The molecule has 0 N–H and O–H groups in total. The third-order valence-electron chi connectivity index (χ3n) is 3.63. The van der Waals surface area contributed by atoms with Crippen LogP contribution in [-0.2, 0) is 13.0 Å². The van der Waals surface area contributed by atoms with E-state index in [0.29, 0.717) is 29.7 Å². The lowest BCUT2D eigenvalue weighted by Gasteiger charge is -2.16. The molecule has 0 unspecified atom stereocenters. The first-order chi connectivity index (χ1) is 12.0. The minimum Gasteiger partial charge on any atom is -0.492 e. The van der Waals surface area contributed by atoms with Crippen molar-refractivity contribution in [1.82, 2.24) is 19.5 Å². The van der Waals surface area contributed by atoms with Crippen molar-refractivity contribution < 1.29 is 4.74 Å². The molecule has 1 aromatic carbocycles. The van der Waals surface area contributed by atoms with Crippen LogP contribution in [0.15, 0.2) is 35.1 Å². The molecule has 0 spiro atoms. The summed E-state index contributed by atoms with van der Waals surface area (Å²) in [5, 5.41) is 5.85.